The van der Waals surface area contributed by atoms with E-state index < -0.39 is 0 Å². The van der Waals surface area contributed by atoms with Crippen LogP contribution in [0, 0.1) is 16.0 Å². The summed E-state index contributed by atoms with van der Waals surface area (Å²) < 4.78 is 5.52. The molecule has 5 heteroatoms. The Hall–Kier alpha value is -1.46. The summed E-state index contributed by atoms with van der Waals surface area (Å²) in [5.41, 5.74) is 1.30. The molecular weight excluding hydrogens is 244 g/mol. The molecule has 1 N–H and O–H groups in total. The summed E-state index contributed by atoms with van der Waals surface area (Å²) >= 11 is 0. The van der Waals surface area contributed by atoms with Gasteiger partial charge >= 0.3 is 0 Å². The first-order chi connectivity index (χ1) is 9.20. The Morgan fingerprint density at radius 3 is 2.79 bits per heavy atom. The van der Waals surface area contributed by atoms with Crippen LogP contribution in [-0.2, 0) is 11.2 Å². The number of nitrogens with zero attached hydrogens (tertiary/aromatic N) is 1. The van der Waals surface area contributed by atoms with Gasteiger partial charge in [0.15, 0.2) is 0 Å². The van der Waals surface area contributed by atoms with Crippen molar-refractivity contribution >= 4 is 5.69 Å². The summed E-state index contributed by atoms with van der Waals surface area (Å²) in [5.74, 6) is 0.522. The van der Waals surface area contributed by atoms with E-state index in [4.69, 9.17) is 4.74 Å². The van der Waals surface area contributed by atoms with Gasteiger partial charge in [-0.05, 0) is 37.8 Å². The molecule has 1 aliphatic heterocycles. The Kier molecular flexibility index (Phi) is 4.87. The molecule has 1 fully saturated rings. The number of benzene rings is 1. The van der Waals surface area contributed by atoms with Crippen molar-refractivity contribution in [2.75, 3.05) is 20.3 Å². The van der Waals surface area contributed by atoms with Crippen LogP contribution in [0.5, 0.6) is 0 Å². The normalized spacial score (nSPS) is 23.2. The van der Waals surface area contributed by atoms with Gasteiger partial charge in [-0.3, -0.25) is 10.1 Å². The maximum absolute atomic E-state index is 10.6. The monoisotopic (exact) mass is 264 g/mol. The predicted octanol–water partition coefficient (Wildman–Crippen LogP) is 2.15. The third-order valence-corrected chi connectivity index (χ3v) is 3.80. The average Bonchev–Trinajstić information content (AvgIpc) is 2.45. The van der Waals surface area contributed by atoms with Gasteiger partial charge in [-0.15, -0.1) is 0 Å². The van der Waals surface area contributed by atoms with Gasteiger partial charge in [0.05, 0.1) is 11.5 Å². The molecule has 1 saturated heterocycles. The number of nitrogens with one attached hydrogen (secondary N) is 1. The minimum atomic E-state index is -0.365. The van der Waals surface area contributed by atoms with E-state index >= 15 is 0 Å². The summed E-state index contributed by atoms with van der Waals surface area (Å²) in [7, 11) is 1.99. The van der Waals surface area contributed by atoms with Crippen molar-refractivity contribution in [3.05, 3.63) is 39.9 Å². The summed E-state index contributed by atoms with van der Waals surface area (Å²) in [6.45, 7) is 1.64. The van der Waals surface area contributed by atoms with Crippen LogP contribution in [0.3, 0.4) is 0 Å². The number of aryl methyl sites for hydroxylation is 1. The van der Waals surface area contributed by atoms with E-state index in [-0.39, 0.29) is 10.6 Å². The number of hydrogen-bond donors (Lipinski definition) is 1. The lowest BCUT2D eigenvalue weighted by molar-refractivity contribution is -0.384. The van der Waals surface area contributed by atoms with Gasteiger partial charge in [0.2, 0.25) is 0 Å². The molecule has 2 rings (SSSR count). The maximum Gasteiger partial charge on any atom is 0.269 e. The van der Waals surface area contributed by atoms with Crippen LogP contribution in [0.1, 0.15) is 18.4 Å². The van der Waals surface area contributed by atoms with E-state index in [1.165, 1.54) is 0 Å². The smallest absolute Gasteiger partial charge is 0.269 e. The van der Waals surface area contributed by atoms with Gasteiger partial charge in [0.1, 0.15) is 0 Å². The predicted molar refractivity (Wildman–Crippen MR) is 73.2 cm³/mol. The molecule has 1 aromatic carbocycles. The average molecular weight is 264 g/mol. The van der Waals surface area contributed by atoms with Gasteiger partial charge in [0, 0.05) is 24.8 Å². The van der Waals surface area contributed by atoms with Crippen molar-refractivity contribution < 1.29 is 9.66 Å². The number of nitro benzene ring substituents is 1. The van der Waals surface area contributed by atoms with Crippen molar-refractivity contribution in [3.8, 4) is 0 Å². The van der Waals surface area contributed by atoms with E-state index in [0.717, 1.165) is 38.0 Å². The molecule has 104 valence electrons. The zero-order chi connectivity index (χ0) is 13.7. The lowest BCUT2D eigenvalue weighted by Gasteiger charge is -2.31. The zero-order valence-electron chi connectivity index (χ0n) is 11.2. The van der Waals surface area contributed by atoms with Crippen LogP contribution in [0.2, 0.25) is 0 Å². The molecule has 19 heavy (non-hydrogen) atoms. The molecule has 5 nitrogen and oxygen atoms in total. The Morgan fingerprint density at radius 2 is 2.16 bits per heavy atom. The Bertz CT molecular complexity index is 419. The first kappa shape index (κ1) is 14.0. The molecule has 0 aliphatic carbocycles. The Balaban J connectivity index is 1.88. The van der Waals surface area contributed by atoms with E-state index in [0.29, 0.717) is 12.0 Å². The van der Waals surface area contributed by atoms with Crippen LogP contribution in [-0.4, -0.2) is 31.2 Å². The Labute approximate surface area is 113 Å². The highest BCUT2D eigenvalue weighted by Crippen LogP contribution is 2.21. The second-order valence-electron chi connectivity index (χ2n) is 4.98. The quantitative estimate of drug-likeness (QED) is 0.653. The molecular formula is C14H20N2O3. The molecule has 1 aliphatic rings. The molecule has 1 aromatic rings. The van der Waals surface area contributed by atoms with Gasteiger partial charge in [-0.1, -0.05) is 12.1 Å². The molecule has 0 spiro atoms. The van der Waals surface area contributed by atoms with Crippen molar-refractivity contribution in [2.24, 2.45) is 5.92 Å². The summed E-state index contributed by atoms with van der Waals surface area (Å²) in [5, 5.41) is 13.9. The fourth-order valence-electron chi connectivity index (χ4n) is 2.60. The highest BCUT2D eigenvalue weighted by atomic mass is 16.6. The number of nitro groups is 1. The summed E-state index contributed by atoms with van der Waals surface area (Å²) in [6, 6.07) is 7.35. The van der Waals surface area contributed by atoms with Gasteiger partial charge < -0.3 is 10.1 Å². The molecule has 1 heterocycles. The number of non-ortho nitro benzene ring substituents is 1. The molecule has 0 bridgehead atoms. The lowest BCUT2D eigenvalue weighted by atomic mass is 9.90. The molecule has 2 atom stereocenters. The van der Waals surface area contributed by atoms with Crippen LogP contribution >= 0.6 is 0 Å². The minimum Gasteiger partial charge on any atom is -0.381 e. The maximum atomic E-state index is 10.6. The topological polar surface area (TPSA) is 64.4 Å². The highest BCUT2D eigenvalue weighted by molar-refractivity contribution is 5.32. The van der Waals surface area contributed by atoms with E-state index in [1.54, 1.807) is 12.1 Å². The minimum absolute atomic E-state index is 0.151. The summed E-state index contributed by atoms with van der Waals surface area (Å²) in [6.07, 6.45) is 3.04. The first-order valence-corrected chi connectivity index (χ1v) is 6.69. The molecule has 0 aromatic heterocycles. The standard InChI is InChI=1S/C14H20N2O3/c1-15-14-8-9-19-10-12(14)5-2-11-3-6-13(7-4-11)16(17)18/h3-4,6-7,12,14-15H,2,5,8-10H2,1H3. The van der Waals surface area contributed by atoms with E-state index in [2.05, 4.69) is 5.32 Å². The fourth-order valence-corrected chi connectivity index (χ4v) is 2.60. The molecule has 0 amide bonds. The van der Waals surface area contributed by atoms with Crippen LogP contribution in [0.15, 0.2) is 24.3 Å². The van der Waals surface area contributed by atoms with E-state index in [1.807, 2.05) is 19.2 Å². The molecule has 0 radical (unpaired) electrons. The second kappa shape index (κ2) is 6.63. The van der Waals surface area contributed by atoms with Crippen LogP contribution in [0.4, 0.5) is 5.69 Å². The fraction of sp³-hybridized carbons (Fsp3) is 0.571. The van der Waals surface area contributed by atoms with Crippen LogP contribution in [0.25, 0.3) is 0 Å². The van der Waals surface area contributed by atoms with Crippen molar-refractivity contribution in [1.82, 2.24) is 5.32 Å². The van der Waals surface area contributed by atoms with Crippen LogP contribution < -0.4 is 5.32 Å². The summed E-state index contributed by atoms with van der Waals surface area (Å²) in [4.78, 5) is 10.2. The lowest BCUT2D eigenvalue weighted by Crippen LogP contribution is -2.41. The highest BCUT2D eigenvalue weighted by Gasteiger charge is 2.23. The first-order valence-electron chi connectivity index (χ1n) is 6.69. The van der Waals surface area contributed by atoms with Crippen molar-refractivity contribution in [1.29, 1.82) is 0 Å². The number of ether oxygens (including phenoxy) is 1. The van der Waals surface area contributed by atoms with Gasteiger partial charge in [-0.25, -0.2) is 0 Å². The van der Waals surface area contributed by atoms with E-state index in [9.17, 15) is 10.1 Å². The SMILES string of the molecule is CNC1CCOCC1CCc1ccc([N+](=O)[O-])cc1. The second-order valence-corrected chi connectivity index (χ2v) is 4.98. The molecule has 0 saturated carbocycles. The number of hydrogen-bond acceptors (Lipinski definition) is 4. The van der Waals surface area contributed by atoms with Crippen molar-refractivity contribution in [3.63, 3.8) is 0 Å². The largest absolute Gasteiger partial charge is 0.381 e. The van der Waals surface area contributed by atoms with Gasteiger partial charge in [-0.2, -0.15) is 0 Å². The Morgan fingerprint density at radius 1 is 1.42 bits per heavy atom. The number of rotatable bonds is 5. The third-order valence-electron chi connectivity index (χ3n) is 3.80. The van der Waals surface area contributed by atoms with Crippen molar-refractivity contribution in [2.45, 2.75) is 25.3 Å². The zero-order valence-corrected chi connectivity index (χ0v) is 11.2. The molecule has 2 unspecified atom stereocenters. The van der Waals surface area contributed by atoms with Gasteiger partial charge in [0.25, 0.3) is 5.69 Å². The third kappa shape index (κ3) is 3.75.